The van der Waals surface area contributed by atoms with E-state index in [0.717, 1.165) is 25.9 Å². The molecule has 5 nitrogen and oxygen atoms in total. The number of rotatable bonds is 6. The molecule has 1 fully saturated rings. The van der Waals surface area contributed by atoms with Crippen LogP contribution in [0.1, 0.15) is 29.5 Å². The van der Waals surface area contributed by atoms with E-state index in [4.69, 9.17) is 5.11 Å². The predicted molar refractivity (Wildman–Crippen MR) is 104 cm³/mol. The molecule has 0 amide bonds. The summed E-state index contributed by atoms with van der Waals surface area (Å²) >= 11 is 0. The van der Waals surface area contributed by atoms with E-state index in [2.05, 4.69) is 21.8 Å². The minimum atomic E-state index is -4.49. The maximum atomic E-state index is 13.7. The van der Waals surface area contributed by atoms with Crippen molar-refractivity contribution >= 4 is 11.8 Å². The molecule has 0 bridgehead atoms. The number of allylic oxidation sites excluding steroid dienone is 2. The molecule has 0 atom stereocenters. The van der Waals surface area contributed by atoms with Gasteiger partial charge in [-0.2, -0.15) is 13.2 Å². The van der Waals surface area contributed by atoms with Crippen molar-refractivity contribution < 1.29 is 23.1 Å². The highest BCUT2D eigenvalue weighted by Gasteiger charge is 2.35. The monoisotopic (exact) mass is 405 g/mol. The number of nitrogens with zero attached hydrogens (tertiary/aromatic N) is 2. The molecular formula is C21H22F3N3O2. The standard InChI is InChI=1S/C21H22F3N3O2/c1-14(20(28)29)5-4-6-16-12-25-19(26-16)17-8-7-15(11-18(17)21(22,23)24)13-27-9-2-3-10-27/h4-8,11H,1-3,9-10,12-13H2,(H,25,26)(H,28,29)/b5-4-,16-6+. The Hall–Kier alpha value is -2.87. The van der Waals surface area contributed by atoms with Crippen LogP contribution in [0, 0.1) is 0 Å². The van der Waals surface area contributed by atoms with Gasteiger partial charge in [0.2, 0.25) is 0 Å². The van der Waals surface area contributed by atoms with Gasteiger partial charge in [0.15, 0.2) is 0 Å². The van der Waals surface area contributed by atoms with Crippen LogP contribution in [0.3, 0.4) is 0 Å². The lowest BCUT2D eigenvalue weighted by Crippen LogP contribution is -2.23. The van der Waals surface area contributed by atoms with Gasteiger partial charge in [0, 0.05) is 17.8 Å². The van der Waals surface area contributed by atoms with Crippen molar-refractivity contribution in [3.05, 3.63) is 71.0 Å². The molecule has 2 aliphatic heterocycles. The number of carboxylic acid groups (broad SMARTS) is 1. The summed E-state index contributed by atoms with van der Waals surface area (Å²) < 4.78 is 41.0. The van der Waals surface area contributed by atoms with Crippen LogP contribution in [-0.2, 0) is 17.5 Å². The van der Waals surface area contributed by atoms with Gasteiger partial charge < -0.3 is 10.4 Å². The smallest absolute Gasteiger partial charge is 0.417 e. The van der Waals surface area contributed by atoms with E-state index in [1.54, 1.807) is 12.1 Å². The Morgan fingerprint density at radius 3 is 2.69 bits per heavy atom. The number of likely N-dealkylation sites (tertiary alicyclic amines) is 1. The first-order valence-corrected chi connectivity index (χ1v) is 9.28. The SMILES string of the molecule is C=C(/C=C\C=C1/CN=C(c2ccc(CN3CCCC3)cc2C(F)(F)F)N1)C(=O)O. The third kappa shape index (κ3) is 5.35. The second kappa shape index (κ2) is 8.65. The van der Waals surface area contributed by atoms with Gasteiger partial charge in [0.05, 0.1) is 17.7 Å². The van der Waals surface area contributed by atoms with Crippen molar-refractivity contribution in [1.82, 2.24) is 10.2 Å². The molecule has 1 aromatic carbocycles. The van der Waals surface area contributed by atoms with Crippen molar-refractivity contribution in [2.45, 2.75) is 25.6 Å². The molecule has 2 aliphatic rings. The van der Waals surface area contributed by atoms with Crippen LogP contribution in [0.2, 0.25) is 0 Å². The summed E-state index contributed by atoms with van der Waals surface area (Å²) in [4.78, 5) is 17.0. The Labute approximate surface area is 166 Å². The molecule has 0 aromatic heterocycles. The lowest BCUT2D eigenvalue weighted by molar-refractivity contribution is -0.137. The van der Waals surface area contributed by atoms with Crippen LogP contribution < -0.4 is 5.32 Å². The molecule has 0 aliphatic carbocycles. The zero-order chi connectivity index (χ0) is 21.0. The molecular weight excluding hydrogens is 383 g/mol. The highest BCUT2D eigenvalue weighted by Crippen LogP contribution is 2.34. The minimum absolute atomic E-state index is 0.00463. The number of halogens is 3. The topological polar surface area (TPSA) is 64.9 Å². The molecule has 0 unspecified atom stereocenters. The van der Waals surface area contributed by atoms with E-state index in [1.807, 2.05) is 0 Å². The lowest BCUT2D eigenvalue weighted by atomic mass is 10.0. The molecule has 29 heavy (non-hydrogen) atoms. The number of hydrogen-bond donors (Lipinski definition) is 2. The molecule has 0 radical (unpaired) electrons. The largest absolute Gasteiger partial charge is 0.478 e. The van der Waals surface area contributed by atoms with Gasteiger partial charge in [0.1, 0.15) is 5.84 Å². The number of aliphatic carboxylic acids is 1. The average Bonchev–Trinajstić information content (AvgIpc) is 3.33. The summed E-state index contributed by atoms with van der Waals surface area (Å²) in [6.45, 7) is 5.88. The quantitative estimate of drug-likeness (QED) is 0.559. The predicted octanol–water partition coefficient (Wildman–Crippen LogP) is 3.73. The van der Waals surface area contributed by atoms with Crippen molar-refractivity contribution in [1.29, 1.82) is 0 Å². The van der Waals surface area contributed by atoms with Crippen LogP contribution in [0.4, 0.5) is 13.2 Å². The number of aliphatic imine (C=N–C) groups is 1. The summed E-state index contributed by atoms with van der Waals surface area (Å²) in [6, 6.07) is 4.38. The maximum absolute atomic E-state index is 13.7. The van der Waals surface area contributed by atoms with E-state index >= 15 is 0 Å². The molecule has 2 N–H and O–H groups in total. The third-order valence-electron chi connectivity index (χ3n) is 4.81. The Morgan fingerprint density at radius 2 is 2.03 bits per heavy atom. The van der Waals surface area contributed by atoms with Crippen molar-refractivity contribution in [3.63, 3.8) is 0 Å². The van der Waals surface area contributed by atoms with Crippen LogP contribution in [0.15, 0.2) is 59.3 Å². The second-order valence-corrected chi connectivity index (χ2v) is 7.03. The first-order valence-electron chi connectivity index (χ1n) is 9.28. The fourth-order valence-corrected chi connectivity index (χ4v) is 3.32. The zero-order valence-corrected chi connectivity index (χ0v) is 15.8. The van der Waals surface area contributed by atoms with Gasteiger partial charge in [-0.05, 0) is 49.7 Å². The Bertz CT molecular complexity index is 895. The van der Waals surface area contributed by atoms with Crippen molar-refractivity contribution in [2.24, 2.45) is 4.99 Å². The van der Waals surface area contributed by atoms with Gasteiger partial charge >= 0.3 is 12.1 Å². The fraction of sp³-hybridized carbons (Fsp3) is 0.333. The Balaban J connectivity index is 1.77. The summed E-state index contributed by atoms with van der Waals surface area (Å²) in [6.07, 6.45) is 2.01. The van der Waals surface area contributed by atoms with E-state index in [1.165, 1.54) is 24.3 Å². The summed E-state index contributed by atoms with van der Waals surface area (Å²) in [7, 11) is 0. The van der Waals surface area contributed by atoms with Crippen LogP contribution in [-0.4, -0.2) is 41.4 Å². The minimum Gasteiger partial charge on any atom is -0.478 e. The Kier molecular flexibility index (Phi) is 6.22. The normalized spacial score (nSPS) is 19.0. The van der Waals surface area contributed by atoms with Crippen LogP contribution in [0.5, 0.6) is 0 Å². The van der Waals surface area contributed by atoms with E-state index in [-0.39, 0.29) is 23.5 Å². The van der Waals surface area contributed by atoms with Crippen molar-refractivity contribution in [3.8, 4) is 0 Å². The van der Waals surface area contributed by atoms with E-state index < -0.39 is 17.7 Å². The van der Waals surface area contributed by atoms with Crippen LogP contribution >= 0.6 is 0 Å². The van der Waals surface area contributed by atoms with Crippen LogP contribution in [0.25, 0.3) is 0 Å². The number of amidine groups is 1. The van der Waals surface area contributed by atoms with Gasteiger partial charge in [-0.1, -0.05) is 24.8 Å². The maximum Gasteiger partial charge on any atom is 0.417 e. The first kappa shape index (κ1) is 20.9. The number of nitrogens with one attached hydrogen (secondary N) is 1. The summed E-state index contributed by atoms with van der Waals surface area (Å²) in [5.41, 5.74) is 0.409. The molecule has 2 heterocycles. The van der Waals surface area contributed by atoms with Gasteiger partial charge in [-0.25, -0.2) is 4.79 Å². The van der Waals surface area contributed by atoms with Gasteiger partial charge in [0.25, 0.3) is 0 Å². The number of carbonyl (C=O) groups is 1. The fourth-order valence-electron chi connectivity index (χ4n) is 3.32. The Morgan fingerprint density at radius 1 is 1.31 bits per heavy atom. The third-order valence-corrected chi connectivity index (χ3v) is 4.81. The molecule has 3 rings (SSSR count). The van der Waals surface area contributed by atoms with Gasteiger partial charge in [-0.3, -0.25) is 9.89 Å². The van der Waals surface area contributed by atoms with E-state index in [9.17, 15) is 18.0 Å². The second-order valence-electron chi connectivity index (χ2n) is 7.03. The first-order chi connectivity index (χ1) is 13.7. The van der Waals surface area contributed by atoms with Gasteiger partial charge in [-0.15, -0.1) is 0 Å². The zero-order valence-electron chi connectivity index (χ0n) is 15.8. The number of carboxylic acids is 1. The molecule has 8 heteroatoms. The number of benzene rings is 1. The highest BCUT2D eigenvalue weighted by molar-refractivity contribution is 6.02. The molecule has 1 saturated heterocycles. The molecule has 0 spiro atoms. The molecule has 154 valence electrons. The summed E-state index contributed by atoms with van der Waals surface area (Å²) in [5.74, 6) is -0.985. The van der Waals surface area contributed by atoms with Crippen molar-refractivity contribution in [2.75, 3.05) is 19.6 Å². The number of hydrogen-bond acceptors (Lipinski definition) is 4. The van der Waals surface area contributed by atoms with E-state index in [0.29, 0.717) is 17.8 Å². The highest BCUT2D eigenvalue weighted by atomic mass is 19.4. The average molecular weight is 405 g/mol. The number of alkyl halides is 3. The summed E-state index contributed by atoms with van der Waals surface area (Å²) in [5, 5.41) is 11.7. The molecule has 0 saturated carbocycles. The lowest BCUT2D eigenvalue weighted by Gasteiger charge is -2.18. The molecule has 1 aromatic rings.